The Morgan fingerprint density at radius 3 is 2.20 bits per heavy atom. The lowest BCUT2D eigenvalue weighted by Crippen LogP contribution is -2.48. The molecule has 0 radical (unpaired) electrons. The van der Waals surface area contributed by atoms with Crippen LogP contribution in [0.3, 0.4) is 0 Å². The van der Waals surface area contributed by atoms with Crippen molar-refractivity contribution in [1.82, 2.24) is 5.32 Å². The van der Waals surface area contributed by atoms with Gasteiger partial charge in [-0.1, -0.05) is 0 Å². The monoisotopic (exact) mass is 432 g/mol. The number of hydrogen-bond acceptors (Lipinski definition) is 6. The maximum atomic E-state index is 13.4. The van der Waals surface area contributed by atoms with Gasteiger partial charge in [0.2, 0.25) is 5.75 Å². The maximum absolute atomic E-state index is 13.4. The molecule has 1 atom stereocenters. The number of benzene rings is 2. The highest BCUT2D eigenvalue weighted by Crippen LogP contribution is 2.42. The van der Waals surface area contributed by atoms with Crippen LogP contribution in [0.15, 0.2) is 47.7 Å². The normalized spacial score (nSPS) is 16.2. The first-order valence-corrected chi connectivity index (χ1v) is 9.33. The van der Waals surface area contributed by atoms with Gasteiger partial charge < -0.3 is 24.6 Å². The summed E-state index contributed by atoms with van der Waals surface area (Å²) in [4.78, 5) is 14.3. The summed E-state index contributed by atoms with van der Waals surface area (Å²) < 4.78 is 28.8. The van der Waals surface area contributed by atoms with E-state index in [0.29, 0.717) is 27.6 Å². The predicted molar refractivity (Wildman–Crippen MR) is 113 cm³/mol. The number of allylic oxidation sites excluding steroid dienone is 1. The van der Waals surface area contributed by atoms with Crippen molar-refractivity contribution >= 4 is 29.0 Å². The number of ether oxygens (including phenoxy) is 3. The van der Waals surface area contributed by atoms with Crippen LogP contribution in [-0.4, -0.2) is 37.5 Å². The fraction of sp³-hybridized carbons (Fsp3) is 0.238. The second-order valence-electron chi connectivity index (χ2n) is 6.46. The first kappa shape index (κ1) is 21.4. The van der Waals surface area contributed by atoms with Crippen LogP contribution >= 0.6 is 12.2 Å². The van der Waals surface area contributed by atoms with Gasteiger partial charge in [0.25, 0.3) is 0 Å². The molecule has 158 valence electrons. The number of esters is 1. The number of nitrogens with zero attached hydrogens (tertiary/aromatic N) is 1. The minimum atomic E-state index is -0.690. The molecule has 0 unspecified atom stereocenters. The summed E-state index contributed by atoms with van der Waals surface area (Å²) in [6.07, 6.45) is 0. The Morgan fingerprint density at radius 2 is 1.70 bits per heavy atom. The molecule has 2 aromatic rings. The number of hydrogen-bond donors (Lipinski definition) is 2. The molecule has 0 amide bonds. The highest BCUT2D eigenvalue weighted by atomic mass is 32.1. The van der Waals surface area contributed by atoms with Crippen LogP contribution in [0.25, 0.3) is 0 Å². The van der Waals surface area contributed by atoms with E-state index in [0.717, 1.165) is 0 Å². The molecule has 2 aromatic carbocycles. The largest absolute Gasteiger partial charge is 0.502 e. The number of halogens is 1. The Morgan fingerprint density at radius 1 is 1.13 bits per heavy atom. The lowest BCUT2D eigenvalue weighted by atomic mass is 9.94. The van der Waals surface area contributed by atoms with Crippen LogP contribution in [0.4, 0.5) is 10.1 Å². The second kappa shape index (κ2) is 8.58. The van der Waals surface area contributed by atoms with Gasteiger partial charge in [-0.15, -0.1) is 0 Å². The highest BCUT2D eigenvalue weighted by Gasteiger charge is 2.36. The molecule has 3 rings (SSSR count). The van der Waals surface area contributed by atoms with E-state index >= 15 is 0 Å². The van der Waals surface area contributed by atoms with Crippen LogP contribution in [0, 0.1) is 5.82 Å². The molecule has 30 heavy (non-hydrogen) atoms. The smallest absolute Gasteiger partial charge is 0.337 e. The fourth-order valence-electron chi connectivity index (χ4n) is 3.35. The number of carbonyl (C=O) groups excluding carboxylic acids is 1. The molecule has 0 saturated heterocycles. The number of anilines is 1. The number of rotatable bonds is 5. The summed E-state index contributed by atoms with van der Waals surface area (Å²) >= 11 is 5.54. The van der Waals surface area contributed by atoms with Gasteiger partial charge in [-0.05, 0) is 61.1 Å². The molecule has 0 aliphatic carbocycles. The van der Waals surface area contributed by atoms with Gasteiger partial charge >= 0.3 is 5.97 Å². The van der Waals surface area contributed by atoms with E-state index in [-0.39, 0.29) is 23.1 Å². The molecule has 0 aromatic heterocycles. The minimum Gasteiger partial charge on any atom is -0.502 e. The van der Waals surface area contributed by atoms with Crippen LogP contribution in [-0.2, 0) is 9.53 Å². The van der Waals surface area contributed by atoms with E-state index in [1.54, 1.807) is 36.1 Å². The molecular weight excluding hydrogens is 411 g/mol. The molecule has 1 aliphatic rings. The van der Waals surface area contributed by atoms with Crippen molar-refractivity contribution < 1.29 is 28.5 Å². The predicted octanol–water partition coefficient (Wildman–Crippen LogP) is 3.43. The SMILES string of the molecule is COC(=O)C1=C(C)N(c2ccc(F)cc2)C(=S)N[C@@H]1c1cc(OC)c(O)c(OC)c1. The number of phenolic OH excluding ortho intramolecular Hbond substituents is 1. The Labute approximate surface area is 178 Å². The van der Waals surface area contributed by atoms with Crippen LogP contribution in [0.5, 0.6) is 17.2 Å². The lowest BCUT2D eigenvalue weighted by molar-refractivity contribution is -0.136. The summed E-state index contributed by atoms with van der Waals surface area (Å²) in [5.41, 5.74) is 1.98. The topological polar surface area (TPSA) is 80.3 Å². The van der Waals surface area contributed by atoms with Crippen LogP contribution in [0.2, 0.25) is 0 Å². The lowest BCUT2D eigenvalue weighted by Gasteiger charge is -2.37. The van der Waals surface area contributed by atoms with Gasteiger partial charge in [0.15, 0.2) is 16.6 Å². The first-order chi connectivity index (χ1) is 14.3. The number of thiocarbonyl (C=S) groups is 1. The molecule has 1 heterocycles. The van der Waals surface area contributed by atoms with E-state index in [1.807, 2.05) is 0 Å². The first-order valence-electron chi connectivity index (χ1n) is 8.92. The van der Waals surface area contributed by atoms with Gasteiger partial charge in [0, 0.05) is 11.4 Å². The van der Waals surface area contributed by atoms with E-state index in [1.165, 1.54) is 33.5 Å². The van der Waals surface area contributed by atoms with Crippen molar-refractivity contribution in [2.24, 2.45) is 0 Å². The van der Waals surface area contributed by atoms with Gasteiger partial charge in [-0.3, -0.25) is 4.90 Å². The number of phenols is 1. The molecule has 1 aliphatic heterocycles. The fourth-order valence-corrected chi connectivity index (χ4v) is 3.71. The molecule has 0 fully saturated rings. The van der Waals surface area contributed by atoms with Crippen molar-refractivity contribution in [3.8, 4) is 17.2 Å². The Balaban J connectivity index is 2.18. The second-order valence-corrected chi connectivity index (χ2v) is 6.85. The summed E-state index contributed by atoms with van der Waals surface area (Å²) in [6, 6.07) is 8.23. The Kier molecular flexibility index (Phi) is 6.12. The number of methoxy groups -OCH3 is 3. The summed E-state index contributed by atoms with van der Waals surface area (Å²) in [7, 11) is 4.11. The third-order valence-electron chi connectivity index (χ3n) is 4.81. The Bertz CT molecular complexity index is 998. The zero-order valence-corrected chi connectivity index (χ0v) is 17.7. The Hall–Kier alpha value is -3.33. The number of aromatic hydroxyl groups is 1. The van der Waals surface area contributed by atoms with E-state index in [9.17, 15) is 14.3 Å². The molecule has 7 nitrogen and oxygen atoms in total. The number of nitrogens with one attached hydrogen (secondary N) is 1. The summed E-state index contributed by atoms with van der Waals surface area (Å²) in [6.45, 7) is 1.73. The average molecular weight is 432 g/mol. The molecule has 2 N–H and O–H groups in total. The van der Waals surface area contributed by atoms with Crippen molar-refractivity contribution in [2.45, 2.75) is 13.0 Å². The molecule has 0 saturated carbocycles. The van der Waals surface area contributed by atoms with Crippen molar-refractivity contribution in [1.29, 1.82) is 0 Å². The van der Waals surface area contributed by atoms with Crippen LogP contribution < -0.4 is 19.7 Å². The van der Waals surface area contributed by atoms with E-state index in [4.69, 9.17) is 26.4 Å². The van der Waals surface area contributed by atoms with Gasteiger partial charge in [0.05, 0.1) is 32.9 Å². The zero-order valence-electron chi connectivity index (χ0n) is 16.9. The van der Waals surface area contributed by atoms with E-state index in [2.05, 4.69) is 5.32 Å². The third-order valence-corrected chi connectivity index (χ3v) is 5.11. The quantitative estimate of drug-likeness (QED) is 0.550. The average Bonchev–Trinajstić information content (AvgIpc) is 2.74. The van der Waals surface area contributed by atoms with Crippen molar-refractivity contribution in [3.05, 3.63) is 59.0 Å². The minimum absolute atomic E-state index is 0.157. The van der Waals surface area contributed by atoms with Gasteiger partial charge in [0.1, 0.15) is 5.82 Å². The van der Waals surface area contributed by atoms with Crippen molar-refractivity contribution in [2.75, 3.05) is 26.2 Å². The molecule has 9 heteroatoms. The summed E-state index contributed by atoms with van der Waals surface area (Å²) in [5, 5.41) is 13.6. The molecule has 0 spiro atoms. The van der Waals surface area contributed by atoms with Crippen LogP contribution in [0.1, 0.15) is 18.5 Å². The summed E-state index contributed by atoms with van der Waals surface area (Å²) in [5.74, 6) is -0.744. The zero-order chi connectivity index (χ0) is 22.0. The van der Waals surface area contributed by atoms with E-state index < -0.39 is 12.0 Å². The number of carbonyl (C=O) groups is 1. The molecule has 0 bridgehead atoms. The highest BCUT2D eigenvalue weighted by molar-refractivity contribution is 7.80. The third kappa shape index (κ3) is 3.76. The molecular formula is C21H21FN2O5S. The van der Waals surface area contributed by atoms with Gasteiger partial charge in [-0.2, -0.15) is 0 Å². The van der Waals surface area contributed by atoms with Gasteiger partial charge in [-0.25, -0.2) is 9.18 Å². The van der Waals surface area contributed by atoms with Crippen molar-refractivity contribution in [3.63, 3.8) is 0 Å². The standard InChI is InChI=1S/C21H21FN2O5S/c1-11-17(20(26)29-4)18(12-9-15(27-2)19(25)16(10-12)28-3)23-21(30)24(11)14-7-5-13(22)6-8-14/h5-10,18,25H,1-4H3,(H,23,30)/t18-/m1/s1. The maximum Gasteiger partial charge on any atom is 0.337 e.